The standard InChI is InChI=1S/C9H9FO/c10-8-2-1-6-3-7(5-11)9(6)4-8/h1-2,4,7,11H,3,5H2. The minimum atomic E-state index is -0.207. The van der Waals surface area contributed by atoms with Crippen LogP contribution < -0.4 is 0 Å². The van der Waals surface area contributed by atoms with Gasteiger partial charge in [-0.3, -0.25) is 0 Å². The molecule has 58 valence electrons. The third-order valence-electron chi connectivity index (χ3n) is 2.23. The van der Waals surface area contributed by atoms with Crippen molar-refractivity contribution in [3.05, 3.63) is 35.1 Å². The lowest BCUT2D eigenvalue weighted by Crippen LogP contribution is -2.20. The normalized spacial score (nSPS) is 20.7. The SMILES string of the molecule is OCC1Cc2ccc(F)cc21. The molecule has 1 aromatic rings. The van der Waals surface area contributed by atoms with Gasteiger partial charge in [0.05, 0.1) is 6.61 Å². The average Bonchev–Trinajstić information content (AvgIpc) is 1.97. The zero-order valence-electron chi connectivity index (χ0n) is 6.05. The van der Waals surface area contributed by atoms with Gasteiger partial charge in [-0.25, -0.2) is 4.39 Å². The summed E-state index contributed by atoms with van der Waals surface area (Å²) in [4.78, 5) is 0. The predicted molar refractivity (Wildman–Crippen MR) is 39.9 cm³/mol. The van der Waals surface area contributed by atoms with Gasteiger partial charge in [0, 0.05) is 5.92 Å². The monoisotopic (exact) mass is 152 g/mol. The molecule has 1 unspecified atom stereocenters. The van der Waals surface area contributed by atoms with E-state index >= 15 is 0 Å². The molecule has 0 spiro atoms. The molecule has 0 saturated heterocycles. The Labute approximate surface area is 64.5 Å². The van der Waals surface area contributed by atoms with Crippen LogP contribution in [0.5, 0.6) is 0 Å². The van der Waals surface area contributed by atoms with Gasteiger partial charge in [0.15, 0.2) is 0 Å². The molecule has 0 heterocycles. The summed E-state index contributed by atoms with van der Waals surface area (Å²) in [5, 5.41) is 8.80. The smallest absolute Gasteiger partial charge is 0.123 e. The topological polar surface area (TPSA) is 20.2 Å². The Bertz CT molecular complexity index is 283. The number of hydrogen-bond acceptors (Lipinski definition) is 1. The van der Waals surface area contributed by atoms with E-state index in [1.165, 1.54) is 17.7 Å². The van der Waals surface area contributed by atoms with Gasteiger partial charge in [-0.05, 0) is 29.7 Å². The quantitative estimate of drug-likeness (QED) is 0.645. The van der Waals surface area contributed by atoms with Gasteiger partial charge in [0.2, 0.25) is 0 Å². The van der Waals surface area contributed by atoms with Crippen molar-refractivity contribution in [2.24, 2.45) is 0 Å². The first kappa shape index (κ1) is 6.80. The van der Waals surface area contributed by atoms with Gasteiger partial charge in [-0.15, -0.1) is 0 Å². The van der Waals surface area contributed by atoms with Crippen molar-refractivity contribution in [1.29, 1.82) is 0 Å². The van der Waals surface area contributed by atoms with Crippen molar-refractivity contribution in [1.82, 2.24) is 0 Å². The molecule has 1 atom stereocenters. The largest absolute Gasteiger partial charge is 0.396 e. The van der Waals surface area contributed by atoms with Gasteiger partial charge in [0.25, 0.3) is 0 Å². The second-order valence-electron chi connectivity index (χ2n) is 2.93. The highest BCUT2D eigenvalue weighted by Gasteiger charge is 2.25. The molecule has 0 aliphatic heterocycles. The van der Waals surface area contributed by atoms with E-state index in [1.807, 2.05) is 0 Å². The number of benzene rings is 1. The van der Waals surface area contributed by atoms with Crippen molar-refractivity contribution >= 4 is 0 Å². The van der Waals surface area contributed by atoms with Gasteiger partial charge in [0.1, 0.15) is 5.82 Å². The molecule has 1 N–H and O–H groups in total. The van der Waals surface area contributed by atoms with Crippen LogP contribution in [0.2, 0.25) is 0 Å². The fourth-order valence-electron chi connectivity index (χ4n) is 1.54. The van der Waals surface area contributed by atoms with Crippen molar-refractivity contribution in [3.8, 4) is 0 Å². The van der Waals surface area contributed by atoms with Crippen molar-refractivity contribution < 1.29 is 9.50 Å². The van der Waals surface area contributed by atoms with E-state index in [1.54, 1.807) is 6.07 Å². The predicted octanol–water partition coefficient (Wildman–Crippen LogP) is 1.46. The molecule has 1 aromatic carbocycles. The zero-order chi connectivity index (χ0) is 7.84. The Morgan fingerprint density at radius 2 is 2.36 bits per heavy atom. The highest BCUT2D eigenvalue weighted by atomic mass is 19.1. The summed E-state index contributed by atoms with van der Waals surface area (Å²) in [6.07, 6.45) is 0.895. The summed E-state index contributed by atoms with van der Waals surface area (Å²) in [6, 6.07) is 4.77. The Hall–Kier alpha value is -0.890. The average molecular weight is 152 g/mol. The summed E-state index contributed by atoms with van der Waals surface area (Å²) in [5.41, 5.74) is 2.15. The molecule has 1 aliphatic carbocycles. The minimum absolute atomic E-state index is 0.135. The number of hydrogen-bond donors (Lipinski definition) is 1. The third-order valence-corrected chi connectivity index (χ3v) is 2.23. The lowest BCUT2D eigenvalue weighted by molar-refractivity contribution is 0.252. The number of aliphatic hydroxyl groups excluding tert-OH is 1. The first-order valence-electron chi connectivity index (χ1n) is 3.70. The molecular formula is C9H9FO. The molecule has 2 heteroatoms. The van der Waals surface area contributed by atoms with Crippen LogP contribution in [0.3, 0.4) is 0 Å². The zero-order valence-corrected chi connectivity index (χ0v) is 6.05. The summed E-state index contributed by atoms with van der Waals surface area (Å²) >= 11 is 0. The number of halogens is 1. The first-order chi connectivity index (χ1) is 5.31. The van der Waals surface area contributed by atoms with E-state index < -0.39 is 0 Å². The molecule has 2 rings (SSSR count). The van der Waals surface area contributed by atoms with E-state index in [4.69, 9.17) is 5.11 Å². The second-order valence-corrected chi connectivity index (χ2v) is 2.93. The molecule has 0 amide bonds. The van der Waals surface area contributed by atoms with Gasteiger partial charge >= 0.3 is 0 Å². The Kier molecular flexibility index (Phi) is 1.43. The van der Waals surface area contributed by atoms with E-state index in [9.17, 15) is 4.39 Å². The van der Waals surface area contributed by atoms with E-state index in [2.05, 4.69) is 0 Å². The first-order valence-corrected chi connectivity index (χ1v) is 3.70. The molecule has 0 saturated carbocycles. The lowest BCUT2D eigenvalue weighted by Gasteiger charge is -2.28. The molecular weight excluding hydrogens is 143 g/mol. The van der Waals surface area contributed by atoms with E-state index in [-0.39, 0.29) is 18.3 Å². The Morgan fingerprint density at radius 1 is 1.55 bits per heavy atom. The molecule has 0 fully saturated rings. The third kappa shape index (κ3) is 0.942. The number of aliphatic hydroxyl groups is 1. The lowest BCUT2D eigenvalue weighted by atomic mass is 9.78. The number of fused-ring (bicyclic) bond motifs is 1. The highest BCUT2D eigenvalue weighted by molar-refractivity contribution is 5.40. The fraction of sp³-hybridized carbons (Fsp3) is 0.333. The van der Waals surface area contributed by atoms with Crippen LogP contribution in [-0.2, 0) is 6.42 Å². The summed E-state index contributed by atoms with van der Waals surface area (Å²) in [7, 11) is 0. The van der Waals surface area contributed by atoms with Crippen molar-refractivity contribution in [2.45, 2.75) is 12.3 Å². The van der Waals surface area contributed by atoms with E-state index in [0.717, 1.165) is 12.0 Å². The van der Waals surface area contributed by atoms with Crippen molar-refractivity contribution in [2.75, 3.05) is 6.61 Å². The molecule has 0 radical (unpaired) electrons. The molecule has 1 aliphatic rings. The minimum Gasteiger partial charge on any atom is -0.396 e. The summed E-state index contributed by atoms with van der Waals surface area (Å²) < 4.78 is 12.6. The van der Waals surface area contributed by atoms with Crippen LogP contribution >= 0.6 is 0 Å². The van der Waals surface area contributed by atoms with Gasteiger partial charge < -0.3 is 5.11 Å². The van der Waals surface area contributed by atoms with Crippen LogP contribution in [0.15, 0.2) is 18.2 Å². The van der Waals surface area contributed by atoms with Crippen LogP contribution in [0.1, 0.15) is 17.0 Å². The maximum Gasteiger partial charge on any atom is 0.123 e. The summed E-state index contributed by atoms with van der Waals surface area (Å²) in [5.74, 6) is -0.0254. The van der Waals surface area contributed by atoms with Gasteiger partial charge in [-0.1, -0.05) is 6.07 Å². The van der Waals surface area contributed by atoms with Crippen LogP contribution in [0, 0.1) is 5.82 Å². The molecule has 11 heavy (non-hydrogen) atoms. The van der Waals surface area contributed by atoms with Crippen molar-refractivity contribution in [3.63, 3.8) is 0 Å². The Balaban J connectivity index is 2.37. The highest BCUT2D eigenvalue weighted by Crippen LogP contribution is 2.34. The Morgan fingerprint density at radius 3 is 3.09 bits per heavy atom. The van der Waals surface area contributed by atoms with Crippen LogP contribution in [-0.4, -0.2) is 11.7 Å². The maximum absolute atomic E-state index is 12.6. The number of rotatable bonds is 1. The van der Waals surface area contributed by atoms with Crippen LogP contribution in [0.25, 0.3) is 0 Å². The van der Waals surface area contributed by atoms with Crippen LogP contribution in [0.4, 0.5) is 4.39 Å². The molecule has 0 aromatic heterocycles. The van der Waals surface area contributed by atoms with E-state index in [0.29, 0.717) is 0 Å². The maximum atomic E-state index is 12.6. The molecule has 0 bridgehead atoms. The fourth-order valence-corrected chi connectivity index (χ4v) is 1.54. The molecule has 1 nitrogen and oxygen atoms in total. The van der Waals surface area contributed by atoms with Gasteiger partial charge in [-0.2, -0.15) is 0 Å². The summed E-state index contributed by atoms with van der Waals surface area (Å²) in [6.45, 7) is 0.135. The second kappa shape index (κ2) is 2.31.